The highest BCUT2D eigenvalue weighted by atomic mass is 79.9. The second-order valence-corrected chi connectivity index (χ2v) is 5.34. The van der Waals surface area contributed by atoms with Crippen LogP contribution in [-0.2, 0) is 5.75 Å². The zero-order chi connectivity index (χ0) is 11.4. The number of thioether (sulfide) groups is 1. The molecule has 0 saturated heterocycles. The van der Waals surface area contributed by atoms with Crippen molar-refractivity contribution in [1.82, 2.24) is 0 Å². The smallest absolute Gasteiger partial charge is 0.124 e. The average molecular weight is 297 g/mol. The molecule has 0 bridgehead atoms. The molecular weight excluding hydrogens is 287 g/mol. The van der Waals surface area contributed by atoms with Gasteiger partial charge in [-0.3, -0.25) is 0 Å². The molecule has 0 fully saturated rings. The van der Waals surface area contributed by atoms with Crippen LogP contribution in [0.2, 0.25) is 0 Å². The highest BCUT2D eigenvalue weighted by molar-refractivity contribution is 9.10. The van der Waals surface area contributed by atoms with E-state index in [-0.39, 0.29) is 5.82 Å². The summed E-state index contributed by atoms with van der Waals surface area (Å²) < 4.78 is 14.0. The third-order valence-electron chi connectivity index (χ3n) is 2.09. The van der Waals surface area contributed by atoms with Crippen molar-refractivity contribution in [3.05, 3.63) is 64.4 Å². The first-order valence-corrected chi connectivity index (χ1v) is 6.65. The van der Waals surface area contributed by atoms with Crippen molar-refractivity contribution in [3.63, 3.8) is 0 Å². The van der Waals surface area contributed by atoms with Crippen LogP contribution in [0, 0.1) is 5.82 Å². The molecule has 0 aliphatic rings. The van der Waals surface area contributed by atoms with Crippen molar-refractivity contribution >= 4 is 27.7 Å². The minimum atomic E-state index is -0.181. The van der Waals surface area contributed by atoms with Crippen molar-refractivity contribution < 1.29 is 4.39 Å². The van der Waals surface area contributed by atoms with Crippen LogP contribution in [0.15, 0.2) is 57.9 Å². The van der Waals surface area contributed by atoms with Gasteiger partial charge in [-0.1, -0.05) is 34.1 Å². The molecule has 0 atom stereocenters. The quantitative estimate of drug-likeness (QED) is 0.728. The molecule has 82 valence electrons. The first-order valence-electron chi connectivity index (χ1n) is 4.87. The second-order valence-electron chi connectivity index (χ2n) is 3.38. The molecular formula is C13H10BrFS. The molecule has 0 nitrogen and oxygen atoms in total. The molecule has 0 aliphatic carbocycles. The van der Waals surface area contributed by atoms with E-state index in [4.69, 9.17) is 0 Å². The minimum Gasteiger partial charge on any atom is -0.207 e. The summed E-state index contributed by atoms with van der Waals surface area (Å²) in [7, 11) is 0. The third kappa shape index (κ3) is 3.35. The third-order valence-corrected chi connectivity index (χ3v) is 3.65. The van der Waals surface area contributed by atoms with E-state index in [0.29, 0.717) is 0 Å². The SMILES string of the molecule is Fc1cccc(SCc2cccc(Br)c2)c1. The van der Waals surface area contributed by atoms with Crippen molar-refractivity contribution in [3.8, 4) is 0 Å². The van der Waals surface area contributed by atoms with Crippen molar-refractivity contribution in [2.45, 2.75) is 10.6 Å². The average Bonchev–Trinajstić information content (AvgIpc) is 2.27. The van der Waals surface area contributed by atoms with Crippen molar-refractivity contribution in [2.24, 2.45) is 0 Å². The number of rotatable bonds is 3. The van der Waals surface area contributed by atoms with E-state index in [9.17, 15) is 4.39 Å². The van der Waals surface area contributed by atoms with E-state index in [0.717, 1.165) is 15.1 Å². The van der Waals surface area contributed by atoms with E-state index in [1.54, 1.807) is 23.9 Å². The van der Waals surface area contributed by atoms with Gasteiger partial charge >= 0.3 is 0 Å². The van der Waals surface area contributed by atoms with Gasteiger partial charge in [0.2, 0.25) is 0 Å². The maximum Gasteiger partial charge on any atom is 0.124 e. The Balaban J connectivity index is 2.02. The van der Waals surface area contributed by atoms with Crippen LogP contribution in [-0.4, -0.2) is 0 Å². The first-order chi connectivity index (χ1) is 7.74. The zero-order valence-corrected chi connectivity index (χ0v) is 10.9. The van der Waals surface area contributed by atoms with Gasteiger partial charge in [0, 0.05) is 15.1 Å². The lowest BCUT2D eigenvalue weighted by Gasteiger charge is -2.02. The fourth-order valence-corrected chi connectivity index (χ4v) is 2.68. The predicted octanol–water partition coefficient (Wildman–Crippen LogP) is 4.88. The molecule has 0 aliphatic heterocycles. The highest BCUT2D eigenvalue weighted by Crippen LogP contribution is 2.24. The van der Waals surface area contributed by atoms with Gasteiger partial charge < -0.3 is 0 Å². The maximum absolute atomic E-state index is 12.9. The Morgan fingerprint density at radius 2 is 1.88 bits per heavy atom. The summed E-state index contributed by atoms with van der Waals surface area (Å²) >= 11 is 5.07. The van der Waals surface area contributed by atoms with Crippen molar-refractivity contribution in [1.29, 1.82) is 0 Å². The monoisotopic (exact) mass is 296 g/mol. The minimum absolute atomic E-state index is 0.181. The fraction of sp³-hybridized carbons (Fsp3) is 0.0769. The van der Waals surface area contributed by atoms with E-state index in [1.165, 1.54) is 11.6 Å². The highest BCUT2D eigenvalue weighted by Gasteiger charge is 1.98. The molecule has 0 amide bonds. The lowest BCUT2D eigenvalue weighted by atomic mass is 10.2. The van der Waals surface area contributed by atoms with Gasteiger partial charge in [0.05, 0.1) is 0 Å². The van der Waals surface area contributed by atoms with E-state index < -0.39 is 0 Å². The standard InChI is InChI=1S/C13H10BrFS/c14-11-4-1-3-10(7-11)9-16-13-6-2-5-12(15)8-13/h1-8H,9H2. The van der Waals surface area contributed by atoms with E-state index in [2.05, 4.69) is 28.1 Å². The summed E-state index contributed by atoms with van der Waals surface area (Å²) in [5, 5.41) is 0. The molecule has 0 radical (unpaired) electrons. The normalized spacial score (nSPS) is 10.4. The van der Waals surface area contributed by atoms with Crippen LogP contribution in [0.3, 0.4) is 0 Å². The Morgan fingerprint density at radius 3 is 2.62 bits per heavy atom. The molecule has 0 aromatic heterocycles. The van der Waals surface area contributed by atoms with Crippen LogP contribution in [0.25, 0.3) is 0 Å². The molecule has 0 N–H and O–H groups in total. The van der Waals surface area contributed by atoms with Gasteiger partial charge in [0.25, 0.3) is 0 Å². The largest absolute Gasteiger partial charge is 0.207 e. The molecule has 2 rings (SSSR count). The molecule has 16 heavy (non-hydrogen) atoms. The first kappa shape index (κ1) is 11.7. The topological polar surface area (TPSA) is 0 Å². The molecule has 0 spiro atoms. The molecule has 2 aromatic carbocycles. The maximum atomic E-state index is 12.9. The van der Waals surface area contributed by atoms with Crippen LogP contribution < -0.4 is 0 Å². The Hall–Kier alpha value is -0.800. The fourth-order valence-electron chi connectivity index (χ4n) is 1.35. The Morgan fingerprint density at radius 1 is 1.06 bits per heavy atom. The van der Waals surface area contributed by atoms with Crippen LogP contribution in [0.5, 0.6) is 0 Å². The van der Waals surface area contributed by atoms with Gasteiger partial charge in [0.15, 0.2) is 0 Å². The molecule has 0 unspecified atom stereocenters. The number of hydrogen-bond donors (Lipinski definition) is 0. The van der Waals surface area contributed by atoms with Crippen LogP contribution >= 0.6 is 27.7 Å². The number of halogens is 2. The summed E-state index contributed by atoms with van der Waals surface area (Å²) in [4.78, 5) is 0.958. The van der Waals surface area contributed by atoms with Gasteiger partial charge in [-0.2, -0.15) is 0 Å². The summed E-state index contributed by atoms with van der Waals surface area (Å²) in [6, 6.07) is 14.8. The van der Waals surface area contributed by atoms with E-state index >= 15 is 0 Å². The van der Waals surface area contributed by atoms with Gasteiger partial charge in [0.1, 0.15) is 5.82 Å². The lowest BCUT2D eigenvalue weighted by Crippen LogP contribution is -1.81. The van der Waals surface area contributed by atoms with Gasteiger partial charge in [-0.15, -0.1) is 11.8 Å². The summed E-state index contributed by atoms with van der Waals surface area (Å²) in [5.74, 6) is 0.669. The summed E-state index contributed by atoms with van der Waals surface area (Å²) in [6.45, 7) is 0. The zero-order valence-electron chi connectivity index (χ0n) is 8.49. The summed E-state index contributed by atoms with van der Waals surface area (Å²) in [6.07, 6.45) is 0. The van der Waals surface area contributed by atoms with E-state index in [1.807, 2.05) is 18.2 Å². The van der Waals surface area contributed by atoms with Gasteiger partial charge in [-0.05, 0) is 35.9 Å². The molecule has 3 heteroatoms. The van der Waals surface area contributed by atoms with Crippen molar-refractivity contribution in [2.75, 3.05) is 0 Å². The van der Waals surface area contributed by atoms with Crippen LogP contribution in [0.1, 0.15) is 5.56 Å². The molecule has 2 aromatic rings. The van der Waals surface area contributed by atoms with Crippen LogP contribution in [0.4, 0.5) is 4.39 Å². The molecule has 0 saturated carbocycles. The Bertz CT molecular complexity index is 439. The number of benzene rings is 2. The summed E-state index contributed by atoms with van der Waals surface area (Å²) in [5.41, 5.74) is 1.23. The Labute approximate surface area is 107 Å². The lowest BCUT2D eigenvalue weighted by molar-refractivity contribution is 0.624. The number of hydrogen-bond acceptors (Lipinski definition) is 1. The molecule has 0 heterocycles. The predicted molar refractivity (Wildman–Crippen MR) is 70.1 cm³/mol. The second kappa shape index (κ2) is 5.51. The Kier molecular flexibility index (Phi) is 4.02. The van der Waals surface area contributed by atoms with Gasteiger partial charge in [-0.25, -0.2) is 4.39 Å².